The number of rotatable bonds is 7. The normalized spacial score (nSPS) is 21.4. The van der Waals surface area contributed by atoms with Crippen LogP contribution in [0.15, 0.2) is 35.4 Å². The number of hydrogen-bond donors (Lipinski definition) is 2. The zero-order valence-corrected chi connectivity index (χ0v) is 17.2. The summed E-state index contributed by atoms with van der Waals surface area (Å²) in [4.78, 5) is 27.9. The second-order valence-corrected chi connectivity index (χ2v) is 8.79. The van der Waals surface area contributed by atoms with E-state index in [1.807, 2.05) is 31.2 Å². The van der Waals surface area contributed by atoms with E-state index in [0.29, 0.717) is 11.5 Å². The third-order valence-corrected chi connectivity index (χ3v) is 6.67. The smallest absolute Gasteiger partial charge is 0.257 e. The monoisotopic (exact) mass is 416 g/mol. The van der Waals surface area contributed by atoms with Gasteiger partial charge in [0.15, 0.2) is 0 Å². The van der Waals surface area contributed by atoms with Crippen molar-refractivity contribution < 1.29 is 14.0 Å². The number of H-pyrrole nitrogens is 1. The minimum absolute atomic E-state index is 0.0621. The lowest BCUT2D eigenvalue weighted by molar-refractivity contribution is -0.118. The van der Waals surface area contributed by atoms with E-state index >= 15 is 0 Å². The third kappa shape index (κ3) is 4.63. The molecule has 1 aliphatic carbocycles. The molecule has 2 amide bonds. The Morgan fingerprint density at radius 2 is 2.14 bits per heavy atom. The zero-order valence-electron chi connectivity index (χ0n) is 16.4. The Bertz CT molecular complexity index is 898. The predicted molar refractivity (Wildman–Crippen MR) is 110 cm³/mol. The number of alkyl halides is 1. The number of aromatic nitrogens is 2. The molecule has 1 aromatic carbocycles. The van der Waals surface area contributed by atoms with E-state index in [2.05, 4.69) is 15.5 Å². The number of nitrogens with zero attached hydrogens (tertiary/aromatic N) is 2. The molecule has 0 bridgehead atoms. The Morgan fingerprint density at radius 1 is 1.34 bits per heavy atom. The first kappa shape index (κ1) is 19.9. The van der Waals surface area contributed by atoms with Crippen LogP contribution in [-0.4, -0.2) is 58.0 Å². The minimum atomic E-state index is -1.07. The number of hydrogen-bond acceptors (Lipinski definition) is 4. The van der Waals surface area contributed by atoms with Gasteiger partial charge in [-0.3, -0.25) is 14.7 Å². The molecule has 2 atom stereocenters. The molecule has 0 unspecified atom stereocenters. The van der Waals surface area contributed by atoms with Crippen molar-refractivity contribution in [2.75, 3.05) is 18.8 Å². The number of aromatic amines is 1. The fraction of sp³-hybridized carbons (Fsp3) is 0.476. The van der Waals surface area contributed by atoms with Gasteiger partial charge in [0.05, 0.1) is 35.8 Å². The highest BCUT2D eigenvalue weighted by molar-refractivity contribution is 8.00. The quantitative estimate of drug-likeness (QED) is 0.680. The molecule has 1 saturated carbocycles. The molecule has 6 nitrogen and oxygen atoms in total. The number of thioether (sulfide) groups is 1. The van der Waals surface area contributed by atoms with E-state index < -0.39 is 6.17 Å². The van der Waals surface area contributed by atoms with Crippen molar-refractivity contribution >= 4 is 23.6 Å². The number of likely N-dealkylation sites (tertiary alicyclic amines) is 1. The topological polar surface area (TPSA) is 78.1 Å². The van der Waals surface area contributed by atoms with Crippen molar-refractivity contribution in [2.45, 2.75) is 49.2 Å². The van der Waals surface area contributed by atoms with Crippen molar-refractivity contribution in [1.82, 2.24) is 20.4 Å². The van der Waals surface area contributed by atoms with Gasteiger partial charge in [-0.05, 0) is 31.4 Å². The Kier molecular flexibility index (Phi) is 5.89. The van der Waals surface area contributed by atoms with Gasteiger partial charge < -0.3 is 10.2 Å². The number of benzene rings is 1. The van der Waals surface area contributed by atoms with Crippen molar-refractivity contribution in [3.8, 4) is 0 Å². The van der Waals surface area contributed by atoms with E-state index in [9.17, 15) is 14.0 Å². The second kappa shape index (κ2) is 8.57. The number of halogens is 1. The molecule has 2 N–H and O–H groups in total. The number of amides is 2. The largest absolute Gasteiger partial charge is 0.353 e. The summed E-state index contributed by atoms with van der Waals surface area (Å²) in [5, 5.41) is 9.81. The van der Waals surface area contributed by atoms with E-state index in [1.54, 1.807) is 4.90 Å². The molecule has 2 aromatic rings. The third-order valence-electron chi connectivity index (χ3n) is 5.50. The van der Waals surface area contributed by atoms with E-state index in [-0.39, 0.29) is 43.1 Å². The van der Waals surface area contributed by atoms with Crippen LogP contribution in [0, 0.1) is 6.92 Å². The summed E-state index contributed by atoms with van der Waals surface area (Å²) in [7, 11) is 0. The molecule has 154 valence electrons. The van der Waals surface area contributed by atoms with Gasteiger partial charge in [-0.2, -0.15) is 5.10 Å². The average molecular weight is 417 g/mol. The molecule has 29 heavy (non-hydrogen) atoms. The predicted octanol–water partition coefficient (Wildman–Crippen LogP) is 3.06. The summed E-state index contributed by atoms with van der Waals surface area (Å²) < 4.78 is 14.1. The molecule has 1 aromatic heterocycles. The van der Waals surface area contributed by atoms with Gasteiger partial charge in [-0.1, -0.05) is 18.2 Å². The first-order valence-electron chi connectivity index (χ1n) is 9.96. The van der Waals surface area contributed by atoms with Gasteiger partial charge >= 0.3 is 0 Å². The molecule has 4 rings (SSSR count). The highest BCUT2D eigenvalue weighted by Gasteiger charge is 2.38. The van der Waals surface area contributed by atoms with Gasteiger partial charge in [-0.15, -0.1) is 11.8 Å². The van der Waals surface area contributed by atoms with Crippen LogP contribution in [0.2, 0.25) is 0 Å². The maximum Gasteiger partial charge on any atom is 0.257 e. The van der Waals surface area contributed by atoms with Gasteiger partial charge in [0.1, 0.15) is 6.17 Å². The van der Waals surface area contributed by atoms with E-state index in [4.69, 9.17) is 0 Å². The van der Waals surface area contributed by atoms with Crippen molar-refractivity contribution in [3.63, 3.8) is 0 Å². The van der Waals surface area contributed by atoms with Crippen LogP contribution < -0.4 is 5.32 Å². The average Bonchev–Trinajstić information content (AvgIpc) is 3.31. The molecule has 1 saturated heterocycles. The van der Waals surface area contributed by atoms with Crippen LogP contribution >= 0.6 is 11.8 Å². The fourth-order valence-electron chi connectivity index (χ4n) is 3.75. The van der Waals surface area contributed by atoms with Crippen LogP contribution in [-0.2, 0) is 4.79 Å². The highest BCUT2D eigenvalue weighted by atomic mass is 32.2. The van der Waals surface area contributed by atoms with Crippen LogP contribution in [0.3, 0.4) is 0 Å². The summed E-state index contributed by atoms with van der Waals surface area (Å²) >= 11 is 1.48. The van der Waals surface area contributed by atoms with Crippen molar-refractivity contribution in [2.24, 2.45) is 0 Å². The SMILES string of the molecule is Cc1ccccc1SCC(=O)NC[C@@H]1C[C@H](F)CN1C(=O)c1cn[nH]c1C1CC1. The Hall–Kier alpha value is -2.35. The first-order chi connectivity index (χ1) is 14.0. The Balaban J connectivity index is 1.33. The van der Waals surface area contributed by atoms with Gasteiger partial charge in [0, 0.05) is 23.8 Å². The molecular weight excluding hydrogens is 391 g/mol. The summed E-state index contributed by atoms with van der Waals surface area (Å²) in [5.74, 6) is 0.333. The maximum atomic E-state index is 14.1. The second-order valence-electron chi connectivity index (χ2n) is 7.77. The fourth-order valence-corrected chi connectivity index (χ4v) is 4.61. The van der Waals surface area contributed by atoms with E-state index in [0.717, 1.165) is 29.0 Å². The molecule has 1 aliphatic heterocycles. The lowest BCUT2D eigenvalue weighted by Gasteiger charge is -2.24. The lowest BCUT2D eigenvalue weighted by Crippen LogP contribution is -2.43. The molecule has 0 radical (unpaired) electrons. The molecule has 2 aliphatic rings. The summed E-state index contributed by atoms with van der Waals surface area (Å²) in [6.07, 6.45) is 2.81. The Labute approximate surface area is 173 Å². The van der Waals surface area contributed by atoms with E-state index in [1.165, 1.54) is 18.0 Å². The van der Waals surface area contributed by atoms with Crippen LogP contribution in [0.5, 0.6) is 0 Å². The molecular formula is C21H25FN4O2S. The van der Waals surface area contributed by atoms with Crippen LogP contribution in [0.1, 0.15) is 46.8 Å². The van der Waals surface area contributed by atoms with Crippen molar-refractivity contribution in [1.29, 1.82) is 0 Å². The van der Waals surface area contributed by atoms with Gasteiger partial charge in [0.2, 0.25) is 5.91 Å². The van der Waals surface area contributed by atoms with Crippen LogP contribution in [0.4, 0.5) is 4.39 Å². The standard InChI is InChI=1S/C21H25FN4O2S/c1-13-4-2-3-5-18(13)29-12-19(27)23-9-16-8-15(22)11-26(16)21(28)17-10-24-25-20(17)14-6-7-14/h2-5,10,14-16H,6-9,11-12H2,1H3,(H,23,27)(H,24,25)/t15-,16-/m0/s1. The van der Waals surface area contributed by atoms with Crippen molar-refractivity contribution in [3.05, 3.63) is 47.3 Å². The summed E-state index contributed by atoms with van der Waals surface area (Å²) in [6, 6.07) is 7.57. The summed E-state index contributed by atoms with van der Waals surface area (Å²) in [5.41, 5.74) is 2.52. The maximum absolute atomic E-state index is 14.1. The molecule has 2 heterocycles. The zero-order chi connectivity index (χ0) is 20.4. The van der Waals surface area contributed by atoms with Gasteiger partial charge in [-0.25, -0.2) is 4.39 Å². The minimum Gasteiger partial charge on any atom is -0.353 e. The molecule has 8 heteroatoms. The van der Waals surface area contributed by atoms with Gasteiger partial charge in [0.25, 0.3) is 5.91 Å². The molecule has 0 spiro atoms. The lowest BCUT2D eigenvalue weighted by atomic mass is 10.1. The highest BCUT2D eigenvalue weighted by Crippen LogP contribution is 2.41. The Morgan fingerprint density at radius 3 is 2.90 bits per heavy atom. The number of carbonyl (C=O) groups is 2. The number of carbonyl (C=O) groups excluding carboxylic acids is 2. The van der Waals surface area contributed by atoms with Crippen LogP contribution in [0.25, 0.3) is 0 Å². The molecule has 2 fully saturated rings. The number of aryl methyl sites for hydroxylation is 1. The first-order valence-corrected chi connectivity index (χ1v) is 10.9. The summed E-state index contributed by atoms with van der Waals surface area (Å²) in [6.45, 7) is 2.33. The number of nitrogens with one attached hydrogen (secondary N) is 2.